The molecule has 3 aromatic carbocycles. The molecule has 0 amide bonds. The van der Waals surface area contributed by atoms with Crippen molar-refractivity contribution in [2.24, 2.45) is 10.7 Å². The summed E-state index contributed by atoms with van der Waals surface area (Å²) in [5.74, 6) is 0.0781. The lowest BCUT2D eigenvalue weighted by Gasteiger charge is -2.27. The number of benzene rings is 3. The molecular weight excluding hydrogens is 430 g/mol. The molecule has 0 aliphatic carbocycles. The quantitative estimate of drug-likeness (QED) is 0.546. The molecule has 0 bridgehead atoms. The fourth-order valence-electron chi connectivity index (χ4n) is 3.27. The molecular formula is C23H16BrN3O2. The van der Waals surface area contributed by atoms with E-state index in [1.165, 1.54) is 6.07 Å². The Balaban J connectivity index is 1.83. The number of aromatic hydroxyl groups is 1. The first-order valence-corrected chi connectivity index (χ1v) is 9.65. The van der Waals surface area contributed by atoms with Crippen LogP contribution in [-0.2, 0) is 0 Å². The summed E-state index contributed by atoms with van der Waals surface area (Å²) in [5.41, 5.74) is 9.27. The summed E-state index contributed by atoms with van der Waals surface area (Å²) in [5, 5.41) is 20.1. The van der Waals surface area contributed by atoms with Crippen LogP contribution < -0.4 is 10.5 Å². The molecule has 1 aliphatic heterocycles. The molecule has 0 radical (unpaired) electrons. The maximum atomic E-state index is 10.4. The third-order valence-electron chi connectivity index (χ3n) is 4.68. The van der Waals surface area contributed by atoms with E-state index in [0.29, 0.717) is 16.9 Å². The van der Waals surface area contributed by atoms with Crippen LogP contribution in [0, 0.1) is 11.3 Å². The standard InChI is InChI=1S/C23H16BrN3O2/c24-16-8-6-14(7-9-16)22-18-10-15(13-27-17-4-2-1-3-5-17)20(28)11-21(18)29-23(26)19(22)12-25/h1-11,13,22,28H,26H2. The highest BCUT2D eigenvalue weighted by molar-refractivity contribution is 9.10. The first kappa shape index (κ1) is 18.8. The summed E-state index contributed by atoms with van der Waals surface area (Å²) in [4.78, 5) is 4.42. The summed E-state index contributed by atoms with van der Waals surface area (Å²) in [6.07, 6.45) is 1.59. The van der Waals surface area contributed by atoms with Crippen LogP contribution in [-0.4, -0.2) is 11.3 Å². The van der Waals surface area contributed by atoms with Gasteiger partial charge in [-0.15, -0.1) is 0 Å². The summed E-state index contributed by atoms with van der Waals surface area (Å²) < 4.78 is 6.57. The number of allylic oxidation sites excluding steroid dienone is 1. The smallest absolute Gasteiger partial charge is 0.205 e. The van der Waals surface area contributed by atoms with Gasteiger partial charge in [0.25, 0.3) is 0 Å². The van der Waals surface area contributed by atoms with Gasteiger partial charge >= 0.3 is 0 Å². The molecule has 1 aliphatic rings. The molecule has 0 saturated carbocycles. The number of phenolic OH excluding ortho intramolecular Hbond substituents is 1. The van der Waals surface area contributed by atoms with E-state index in [0.717, 1.165) is 21.3 Å². The number of nitrogens with two attached hydrogens (primary N) is 1. The van der Waals surface area contributed by atoms with Crippen molar-refractivity contribution in [3.05, 3.63) is 99.3 Å². The number of hydrogen-bond acceptors (Lipinski definition) is 5. The molecule has 1 atom stereocenters. The molecule has 3 N–H and O–H groups in total. The molecule has 0 aromatic heterocycles. The van der Waals surface area contributed by atoms with E-state index in [1.54, 1.807) is 12.3 Å². The Morgan fingerprint density at radius 1 is 1.10 bits per heavy atom. The van der Waals surface area contributed by atoms with Crippen LogP contribution in [0.4, 0.5) is 5.69 Å². The Kier molecular flexibility index (Phi) is 5.07. The van der Waals surface area contributed by atoms with Crippen LogP contribution in [0.5, 0.6) is 11.5 Å². The van der Waals surface area contributed by atoms with Crippen LogP contribution in [0.15, 0.2) is 87.7 Å². The predicted molar refractivity (Wildman–Crippen MR) is 115 cm³/mol. The number of aliphatic imine (C=N–C) groups is 1. The number of para-hydroxylation sites is 1. The van der Waals surface area contributed by atoms with Gasteiger partial charge in [0.05, 0.1) is 11.6 Å². The van der Waals surface area contributed by atoms with E-state index < -0.39 is 5.92 Å². The maximum Gasteiger partial charge on any atom is 0.205 e. The van der Waals surface area contributed by atoms with Gasteiger partial charge in [-0.25, -0.2) is 0 Å². The van der Waals surface area contributed by atoms with Gasteiger partial charge in [-0.1, -0.05) is 46.3 Å². The average Bonchev–Trinajstić information content (AvgIpc) is 2.73. The molecule has 3 aromatic rings. The van der Waals surface area contributed by atoms with Crippen LogP contribution in [0.25, 0.3) is 0 Å². The third kappa shape index (κ3) is 3.73. The first-order chi connectivity index (χ1) is 14.1. The minimum absolute atomic E-state index is 0.0196. The number of nitriles is 1. The fraction of sp³-hybridized carbons (Fsp3) is 0.0435. The number of halogens is 1. The molecule has 6 heteroatoms. The highest BCUT2D eigenvalue weighted by atomic mass is 79.9. The second-order valence-electron chi connectivity index (χ2n) is 6.52. The summed E-state index contributed by atoms with van der Waals surface area (Å²) >= 11 is 3.43. The summed E-state index contributed by atoms with van der Waals surface area (Å²) in [6.45, 7) is 0. The van der Waals surface area contributed by atoms with E-state index in [1.807, 2.05) is 54.6 Å². The number of ether oxygens (including phenoxy) is 1. The molecule has 0 fully saturated rings. The van der Waals surface area contributed by atoms with Crippen LogP contribution >= 0.6 is 15.9 Å². The number of hydrogen-bond donors (Lipinski definition) is 2. The minimum Gasteiger partial charge on any atom is -0.507 e. The molecule has 0 saturated heterocycles. The molecule has 1 heterocycles. The molecule has 4 rings (SSSR count). The SMILES string of the molecule is N#CC1=C(N)Oc2cc(O)c(C=Nc3ccccc3)cc2C1c1ccc(Br)cc1. The molecule has 142 valence electrons. The van der Waals surface area contributed by atoms with Crippen molar-refractivity contribution in [3.8, 4) is 17.6 Å². The molecule has 0 spiro atoms. The van der Waals surface area contributed by atoms with E-state index >= 15 is 0 Å². The van der Waals surface area contributed by atoms with E-state index in [4.69, 9.17) is 10.5 Å². The summed E-state index contributed by atoms with van der Waals surface area (Å²) in [7, 11) is 0. The Labute approximate surface area is 176 Å². The van der Waals surface area contributed by atoms with E-state index in [2.05, 4.69) is 27.0 Å². The lowest BCUT2D eigenvalue weighted by Crippen LogP contribution is -2.21. The third-order valence-corrected chi connectivity index (χ3v) is 5.21. The zero-order valence-corrected chi connectivity index (χ0v) is 16.8. The maximum absolute atomic E-state index is 10.4. The normalized spacial score (nSPS) is 15.7. The van der Waals surface area contributed by atoms with Gasteiger partial charge in [0.15, 0.2) is 0 Å². The Morgan fingerprint density at radius 2 is 1.83 bits per heavy atom. The Bertz CT molecular complexity index is 1160. The molecule has 1 unspecified atom stereocenters. The van der Waals surface area contributed by atoms with Gasteiger partial charge in [0.1, 0.15) is 23.1 Å². The van der Waals surface area contributed by atoms with Crippen molar-refractivity contribution in [2.45, 2.75) is 5.92 Å². The average molecular weight is 446 g/mol. The zero-order chi connectivity index (χ0) is 20.4. The van der Waals surface area contributed by atoms with Crippen molar-refractivity contribution in [2.75, 3.05) is 0 Å². The second kappa shape index (κ2) is 7.82. The van der Waals surface area contributed by atoms with Crippen LogP contribution in [0.3, 0.4) is 0 Å². The zero-order valence-electron chi connectivity index (χ0n) is 15.2. The Hall–Kier alpha value is -3.56. The molecule has 5 nitrogen and oxygen atoms in total. The number of fused-ring (bicyclic) bond motifs is 1. The fourth-order valence-corrected chi connectivity index (χ4v) is 3.54. The lowest BCUT2D eigenvalue weighted by atomic mass is 9.83. The topological polar surface area (TPSA) is 91.6 Å². The van der Waals surface area contributed by atoms with Crippen molar-refractivity contribution < 1.29 is 9.84 Å². The van der Waals surface area contributed by atoms with Gasteiger partial charge in [-0.2, -0.15) is 5.26 Å². The van der Waals surface area contributed by atoms with Gasteiger partial charge in [-0.3, -0.25) is 4.99 Å². The van der Waals surface area contributed by atoms with Crippen LogP contribution in [0.1, 0.15) is 22.6 Å². The summed E-state index contributed by atoms with van der Waals surface area (Å²) in [6, 6.07) is 22.6. The van der Waals surface area contributed by atoms with Gasteiger partial charge < -0.3 is 15.6 Å². The van der Waals surface area contributed by atoms with Gasteiger partial charge in [0.2, 0.25) is 5.88 Å². The highest BCUT2D eigenvalue weighted by Crippen LogP contribution is 2.44. The highest BCUT2D eigenvalue weighted by Gasteiger charge is 2.31. The number of phenols is 1. The van der Waals surface area contributed by atoms with E-state index in [9.17, 15) is 10.4 Å². The largest absolute Gasteiger partial charge is 0.507 e. The van der Waals surface area contributed by atoms with Gasteiger partial charge in [0, 0.05) is 27.9 Å². The minimum atomic E-state index is -0.402. The molecule has 29 heavy (non-hydrogen) atoms. The second-order valence-corrected chi connectivity index (χ2v) is 7.43. The van der Waals surface area contributed by atoms with Crippen molar-refractivity contribution in [1.82, 2.24) is 0 Å². The predicted octanol–water partition coefficient (Wildman–Crippen LogP) is 5.12. The number of nitrogens with zero attached hydrogens (tertiary/aromatic N) is 2. The van der Waals surface area contributed by atoms with Crippen molar-refractivity contribution in [1.29, 1.82) is 5.26 Å². The van der Waals surface area contributed by atoms with Gasteiger partial charge in [-0.05, 0) is 35.9 Å². The first-order valence-electron chi connectivity index (χ1n) is 8.86. The van der Waals surface area contributed by atoms with Crippen molar-refractivity contribution in [3.63, 3.8) is 0 Å². The van der Waals surface area contributed by atoms with E-state index in [-0.39, 0.29) is 11.6 Å². The lowest BCUT2D eigenvalue weighted by molar-refractivity contribution is 0.388. The monoisotopic (exact) mass is 445 g/mol. The Morgan fingerprint density at radius 3 is 2.52 bits per heavy atom. The van der Waals surface area contributed by atoms with Crippen molar-refractivity contribution >= 4 is 27.8 Å². The number of rotatable bonds is 3. The van der Waals surface area contributed by atoms with Crippen LogP contribution in [0.2, 0.25) is 0 Å².